The quantitative estimate of drug-likeness (QED) is 0.731. The van der Waals surface area contributed by atoms with Crippen LogP contribution in [0.3, 0.4) is 0 Å². The third-order valence-electron chi connectivity index (χ3n) is 3.17. The van der Waals surface area contributed by atoms with E-state index in [2.05, 4.69) is 6.07 Å². The minimum absolute atomic E-state index is 0.266. The van der Waals surface area contributed by atoms with E-state index in [1.54, 1.807) is 4.90 Å². The summed E-state index contributed by atoms with van der Waals surface area (Å²) in [5, 5.41) is 0. The topological polar surface area (TPSA) is 55.6 Å². The number of carbonyl (C=O) groups excluding carboxylic acids is 1. The molecule has 0 atom stereocenters. The molecular formula is C15H22N2O2. The van der Waals surface area contributed by atoms with Crippen LogP contribution in [0.1, 0.15) is 37.5 Å². The Morgan fingerprint density at radius 1 is 1.37 bits per heavy atom. The van der Waals surface area contributed by atoms with Crippen LogP contribution in [0.15, 0.2) is 12.1 Å². The molecule has 2 rings (SSSR count). The van der Waals surface area contributed by atoms with E-state index in [9.17, 15) is 4.79 Å². The van der Waals surface area contributed by atoms with Gasteiger partial charge in [0.15, 0.2) is 0 Å². The van der Waals surface area contributed by atoms with Gasteiger partial charge >= 0.3 is 6.09 Å². The lowest BCUT2D eigenvalue weighted by Gasteiger charge is -2.32. The molecule has 0 bridgehead atoms. The van der Waals surface area contributed by atoms with Gasteiger partial charge in [0, 0.05) is 12.2 Å². The summed E-state index contributed by atoms with van der Waals surface area (Å²) in [6.07, 6.45) is 0.568. The number of rotatable bonds is 0. The fourth-order valence-electron chi connectivity index (χ4n) is 2.34. The van der Waals surface area contributed by atoms with E-state index in [0.717, 1.165) is 17.7 Å². The molecule has 1 aliphatic rings. The summed E-state index contributed by atoms with van der Waals surface area (Å²) >= 11 is 0. The van der Waals surface area contributed by atoms with Gasteiger partial charge in [-0.05, 0) is 56.9 Å². The standard InChI is InChI=1S/C15H22N2O2/c1-10-7-11-5-6-17(9-12(11)13(16)8-10)14(18)19-15(2,3)4/h7-8H,5-6,9,16H2,1-4H3. The number of nitrogens with zero attached hydrogens (tertiary/aromatic N) is 1. The van der Waals surface area contributed by atoms with Crippen molar-refractivity contribution in [1.82, 2.24) is 4.90 Å². The van der Waals surface area contributed by atoms with Crippen LogP contribution in [0.5, 0.6) is 0 Å². The number of nitrogen functional groups attached to an aromatic ring is 1. The first-order valence-electron chi connectivity index (χ1n) is 6.62. The molecule has 0 unspecified atom stereocenters. The van der Waals surface area contributed by atoms with Gasteiger partial charge in [0.05, 0.1) is 6.54 Å². The molecular weight excluding hydrogens is 240 g/mol. The Bertz CT molecular complexity index is 504. The van der Waals surface area contributed by atoms with Crippen LogP contribution in [-0.2, 0) is 17.7 Å². The zero-order chi connectivity index (χ0) is 14.2. The van der Waals surface area contributed by atoms with Gasteiger partial charge in [-0.25, -0.2) is 4.79 Å². The fraction of sp³-hybridized carbons (Fsp3) is 0.533. The summed E-state index contributed by atoms with van der Waals surface area (Å²) in [6.45, 7) is 8.89. The molecule has 0 saturated heterocycles. The first-order chi connectivity index (χ1) is 8.76. The normalized spacial score (nSPS) is 15.1. The van der Waals surface area contributed by atoms with Gasteiger partial charge in [-0.1, -0.05) is 6.07 Å². The van der Waals surface area contributed by atoms with E-state index in [1.807, 2.05) is 33.8 Å². The fourth-order valence-corrected chi connectivity index (χ4v) is 2.34. The van der Waals surface area contributed by atoms with Gasteiger partial charge < -0.3 is 15.4 Å². The second kappa shape index (κ2) is 4.76. The number of fused-ring (bicyclic) bond motifs is 1. The molecule has 1 aromatic carbocycles. The minimum atomic E-state index is -0.462. The van der Waals surface area contributed by atoms with Gasteiger partial charge in [0.2, 0.25) is 0 Å². The van der Waals surface area contributed by atoms with Crippen LogP contribution in [0, 0.1) is 6.92 Å². The number of carbonyl (C=O) groups is 1. The molecule has 0 radical (unpaired) electrons. The predicted molar refractivity (Wildman–Crippen MR) is 75.9 cm³/mol. The molecule has 1 heterocycles. The van der Waals surface area contributed by atoms with E-state index in [0.29, 0.717) is 13.1 Å². The van der Waals surface area contributed by atoms with E-state index in [4.69, 9.17) is 10.5 Å². The third-order valence-corrected chi connectivity index (χ3v) is 3.17. The Morgan fingerprint density at radius 3 is 2.68 bits per heavy atom. The van der Waals surface area contributed by atoms with Crippen molar-refractivity contribution >= 4 is 11.8 Å². The Balaban J connectivity index is 2.16. The van der Waals surface area contributed by atoms with Crippen molar-refractivity contribution < 1.29 is 9.53 Å². The largest absolute Gasteiger partial charge is 0.444 e. The van der Waals surface area contributed by atoms with Crippen LogP contribution in [0.2, 0.25) is 0 Å². The highest BCUT2D eigenvalue weighted by molar-refractivity contribution is 5.69. The second-order valence-electron chi connectivity index (χ2n) is 6.14. The van der Waals surface area contributed by atoms with E-state index in [1.165, 1.54) is 11.1 Å². The van der Waals surface area contributed by atoms with Crippen molar-refractivity contribution in [2.24, 2.45) is 0 Å². The number of amides is 1. The Hall–Kier alpha value is -1.71. The molecule has 1 amide bonds. The lowest BCUT2D eigenvalue weighted by atomic mass is 9.96. The summed E-state index contributed by atoms with van der Waals surface area (Å²) in [6, 6.07) is 4.11. The molecule has 4 heteroatoms. The molecule has 1 aromatic rings. The molecule has 2 N–H and O–H groups in total. The molecule has 0 spiro atoms. The monoisotopic (exact) mass is 262 g/mol. The summed E-state index contributed by atoms with van der Waals surface area (Å²) < 4.78 is 5.40. The molecule has 1 aliphatic heterocycles. The number of anilines is 1. The number of hydrogen-bond donors (Lipinski definition) is 1. The maximum Gasteiger partial charge on any atom is 0.410 e. The number of benzene rings is 1. The number of ether oxygens (including phenoxy) is 1. The Labute approximate surface area is 114 Å². The third kappa shape index (κ3) is 3.19. The van der Waals surface area contributed by atoms with E-state index >= 15 is 0 Å². The zero-order valence-electron chi connectivity index (χ0n) is 12.1. The summed E-state index contributed by atoms with van der Waals surface area (Å²) in [7, 11) is 0. The summed E-state index contributed by atoms with van der Waals surface area (Å²) in [5.41, 5.74) is 9.83. The molecule has 104 valence electrons. The lowest BCUT2D eigenvalue weighted by Crippen LogP contribution is -2.40. The van der Waals surface area contributed by atoms with Crippen LogP contribution >= 0.6 is 0 Å². The van der Waals surface area contributed by atoms with Gasteiger partial charge in [-0.2, -0.15) is 0 Å². The van der Waals surface area contributed by atoms with E-state index < -0.39 is 5.60 Å². The van der Waals surface area contributed by atoms with Crippen molar-refractivity contribution in [2.45, 2.75) is 46.3 Å². The number of aryl methyl sites for hydroxylation is 1. The van der Waals surface area contributed by atoms with Gasteiger partial charge in [0.1, 0.15) is 5.60 Å². The highest BCUT2D eigenvalue weighted by Gasteiger charge is 2.26. The van der Waals surface area contributed by atoms with Crippen LogP contribution < -0.4 is 5.73 Å². The first-order valence-corrected chi connectivity index (χ1v) is 6.62. The van der Waals surface area contributed by atoms with E-state index in [-0.39, 0.29) is 6.09 Å². The Kier molecular flexibility index (Phi) is 3.43. The number of hydrogen-bond acceptors (Lipinski definition) is 3. The van der Waals surface area contributed by atoms with Crippen LogP contribution in [-0.4, -0.2) is 23.1 Å². The second-order valence-corrected chi connectivity index (χ2v) is 6.14. The maximum atomic E-state index is 12.1. The molecule has 4 nitrogen and oxygen atoms in total. The van der Waals surface area contributed by atoms with Crippen LogP contribution in [0.4, 0.5) is 10.5 Å². The lowest BCUT2D eigenvalue weighted by molar-refractivity contribution is 0.0224. The highest BCUT2D eigenvalue weighted by Crippen LogP contribution is 2.27. The summed E-state index contributed by atoms with van der Waals surface area (Å²) in [5.74, 6) is 0. The molecule has 19 heavy (non-hydrogen) atoms. The minimum Gasteiger partial charge on any atom is -0.444 e. The first kappa shape index (κ1) is 13.7. The average molecular weight is 262 g/mol. The van der Waals surface area contributed by atoms with Crippen molar-refractivity contribution in [2.75, 3.05) is 12.3 Å². The summed E-state index contributed by atoms with van der Waals surface area (Å²) in [4.78, 5) is 13.8. The predicted octanol–water partition coefficient (Wildman–Crippen LogP) is 2.87. The zero-order valence-corrected chi connectivity index (χ0v) is 12.1. The molecule has 0 aliphatic carbocycles. The highest BCUT2D eigenvalue weighted by atomic mass is 16.6. The SMILES string of the molecule is Cc1cc(N)c2c(c1)CCN(C(=O)OC(C)(C)C)C2. The van der Waals surface area contributed by atoms with Crippen molar-refractivity contribution in [3.63, 3.8) is 0 Å². The van der Waals surface area contributed by atoms with Crippen molar-refractivity contribution in [1.29, 1.82) is 0 Å². The molecule has 0 saturated carbocycles. The van der Waals surface area contributed by atoms with Crippen molar-refractivity contribution in [3.8, 4) is 0 Å². The van der Waals surface area contributed by atoms with Gasteiger partial charge in [-0.3, -0.25) is 0 Å². The van der Waals surface area contributed by atoms with Crippen molar-refractivity contribution in [3.05, 3.63) is 28.8 Å². The van der Waals surface area contributed by atoms with Crippen LogP contribution in [0.25, 0.3) is 0 Å². The molecule has 0 aromatic heterocycles. The smallest absolute Gasteiger partial charge is 0.410 e. The Morgan fingerprint density at radius 2 is 2.05 bits per heavy atom. The molecule has 0 fully saturated rings. The van der Waals surface area contributed by atoms with Gasteiger partial charge in [0.25, 0.3) is 0 Å². The van der Waals surface area contributed by atoms with Gasteiger partial charge in [-0.15, -0.1) is 0 Å². The number of nitrogens with two attached hydrogens (primary N) is 1. The average Bonchev–Trinajstić information content (AvgIpc) is 2.25. The maximum absolute atomic E-state index is 12.1.